The molecule has 1 aliphatic carbocycles. The molecule has 2 atom stereocenters. The first-order valence-corrected chi connectivity index (χ1v) is 13.5. The van der Waals surface area contributed by atoms with E-state index in [1.165, 1.54) is 12.3 Å². The molecule has 0 spiro atoms. The molecule has 2 aliphatic heterocycles. The van der Waals surface area contributed by atoms with Crippen molar-refractivity contribution in [3.63, 3.8) is 0 Å². The van der Waals surface area contributed by atoms with E-state index in [1.54, 1.807) is 29.9 Å². The van der Waals surface area contributed by atoms with Gasteiger partial charge in [0, 0.05) is 30.9 Å². The fourth-order valence-electron chi connectivity index (χ4n) is 5.35. The van der Waals surface area contributed by atoms with Crippen molar-refractivity contribution >= 4 is 28.9 Å². The number of nitrogens with zero attached hydrogens (tertiary/aromatic N) is 5. The van der Waals surface area contributed by atoms with Gasteiger partial charge in [-0.25, -0.2) is 9.67 Å². The number of pyridine rings is 1. The number of aliphatic imine (C=N–C) groups is 1. The Morgan fingerprint density at radius 1 is 1.15 bits per heavy atom. The van der Waals surface area contributed by atoms with Gasteiger partial charge in [-0.2, -0.15) is 27.7 Å². The Labute approximate surface area is 233 Å². The number of ether oxygens (including phenoxy) is 1. The van der Waals surface area contributed by atoms with E-state index in [-0.39, 0.29) is 28.8 Å². The van der Waals surface area contributed by atoms with E-state index >= 15 is 0 Å². The van der Waals surface area contributed by atoms with Crippen molar-refractivity contribution in [3.8, 4) is 17.1 Å². The summed E-state index contributed by atoms with van der Waals surface area (Å²) in [6, 6.07) is 5.59. The zero-order chi connectivity index (χ0) is 28.9. The van der Waals surface area contributed by atoms with E-state index in [0.717, 1.165) is 38.7 Å². The lowest BCUT2D eigenvalue weighted by Gasteiger charge is -2.26. The lowest BCUT2D eigenvalue weighted by Crippen LogP contribution is -2.36. The van der Waals surface area contributed by atoms with Crippen molar-refractivity contribution in [2.24, 2.45) is 23.9 Å². The van der Waals surface area contributed by atoms with Crippen molar-refractivity contribution in [3.05, 3.63) is 48.0 Å². The predicted octanol–water partition coefficient (Wildman–Crippen LogP) is 5.61. The number of hydrogen-bond acceptors (Lipinski definition) is 7. The highest BCUT2D eigenvalue weighted by Crippen LogP contribution is 2.43. The van der Waals surface area contributed by atoms with Crippen molar-refractivity contribution in [1.29, 1.82) is 0 Å². The Morgan fingerprint density at radius 3 is 2.71 bits per heavy atom. The maximum absolute atomic E-state index is 14.6. The summed E-state index contributed by atoms with van der Waals surface area (Å²) in [5.74, 6) is -0.0873. The molecule has 2 bridgehead atoms. The van der Waals surface area contributed by atoms with Crippen LogP contribution in [0.5, 0.6) is 5.88 Å². The standard InChI is InChI=1S/C28H29F4N7O2/c1-15(28(30,31)32)34-19-7-8-23-22(12-19)36-27-37-25(40)18-10-21(35-24(29)11-18)20-13-33-38(2)26(20)41-9-3-4-17(14-39(23)27)16-5-6-16/h7-8,10-13,15-17,34H,3-6,9,14H2,1-2H3,(H,36,37,40)/t15-,17+/m0/s1. The minimum Gasteiger partial charge on any atom is -0.477 e. The van der Waals surface area contributed by atoms with Gasteiger partial charge in [0.15, 0.2) is 0 Å². The number of alkyl halides is 3. The number of aryl methyl sites for hydroxylation is 1. The molecule has 1 amide bonds. The van der Waals surface area contributed by atoms with E-state index in [1.807, 2.05) is 4.90 Å². The van der Waals surface area contributed by atoms with Crippen LogP contribution in [0.15, 0.2) is 41.5 Å². The average molecular weight is 572 g/mol. The SMILES string of the molecule is C[C@H](Nc1ccc2c(c1)N/C1=N\C(=O)c3cc(F)nc(c3)-c3cnn(C)c3OCCC[C@@H](C3CC3)CN12)C(F)(F)F. The summed E-state index contributed by atoms with van der Waals surface area (Å²) in [5.41, 5.74) is 2.15. The number of hydrogen-bond donors (Lipinski definition) is 2. The van der Waals surface area contributed by atoms with Gasteiger partial charge in [0.25, 0.3) is 5.91 Å². The van der Waals surface area contributed by atoms with Gasteiger partial charge in [-0.3, -0.25) is 4.79 Å². The van der Waals surface area contributed by atoms with Crippen LogP contribution < -0.4 is 20.3 Å². The fraction of sp³-hybridized carbons (Fsp3) is 0.429. The monoisotopic (exact) mass is 571 g/mol. The summed E-state index contributed by atoms with van der Waals surface area (Å²) in [6.45, 7) is 2.02. The number of amides is 1. The third-order valence-corrected chi connectivity index (χ3v) is 7.74. The van der Waals surface area contributed by atoms with E-state index in [0.29, 0.717) is 41.9 Å². The largest absolute Gasteiger partial charge is 0.477 e. The lowest BCUT2D eigenvalue weighted by atomic mass is 9.97. The number of halogens is 4. The number of guanidine groups is 1. The second kappa shape index (κ2) is 10.3. The minimum atomic E-state index is -4.41. The summed E-state index contributed by atoms with van der Waals surface area (Å²) >= 11 is 0. The number of carbonyl (C=O) groups is 1. The molecule has 6 rings (SSSR count). The predicted molar refractivity (Wildman–Crippen MR) is 146 cm³/mol. The fourth-order valence-corrected chi connectivity index (χ4v) is 5.35. The Balaban J connectivity index is 1.39. The first kappa shape index (κ1) is 27.0. The van der Waals surface area contributed by atoms with Crippen LogP contribution in [-0.2, 0) is 7.05 Å². The molecule has 4 heterocycles. The Bertz CT molecular complexity index is 1520. The maximum atomic E-state index is 14.6. The second-order valence-corrected chi connectivity index (χ2v) is 10.8. The van der Waals surface area contributed by atoms with Crippen molar-refractivity contribution in [2.75, 3.05) is 28.7 Å². The molecule has 3 aromatic rings. The molecule has 9 nitrogen and oxygen atoms in total. The van der Waals surface area contributed by atoms with Gasteiger partial charge >= 0.3 is 6.18 Å². The normalized spacial score (nSPS) is 21.2. The third-order valence-electron chi connectivity index (χ3n) is 7.74. The summed E-state index contributed by atoms with van der Waals surface area (Å²) in [4.78, 5) is 23.6. The van der Waals surface area contributed by atoms with E-state index in [4.69, 9.17) is 4.74 Å². The lowest BCUT2D eigenvalue weighted by molar-refractivity contribution is -0.138. The maximum Gasteiger partial charge on any atom is 0.408 e. The van der Waals surface area contributed by atoms with E-state index in [9.17, 15) is 22.4 Å². The van der Waals surface area contributed by atoms with Crippen molar-refractivity contribution < 1.29 is 27.1 Å². The van der Waals surface area contributed by atoms with Crippen LogP contribution in [0.3, 0.4) is 0 Å². The van der Waals surface area contributed by atoms with Gasteiger partial charge in [0.1, 0.15) is 6.04 Å². The zero-order valence-electron chi connectivity index (χ0n) is 22.5. The average Bonchev–Trinajstić information content (AvgIpc) is 3.62. The van der Waals surface area contributed by atoms with Gasteiger partial charge in [-0.1, -0.05) is 0 Å². The molecule has 2 aromatic heterocycles. The van der Waals surface area contributed by atoms with Crippen LogP contribution in [0.1, 0.15) is 43.0 Å². The molecule has 1 aromatic carbocycles. The molecule has 0 unspecified atom stereocenters. The minimum absolute atomic E-state index is 0.0116. The number of aromatic nitrogens is 3. The van der Waals surface area contributed by atoms with E-state index in [2.05, 4.69) is 25.7 Å². The summed E-state index contributed by atoms with van der Waals surface area (Å²) in [6.07, 6.45) is 0.929. The molecule has 0 saturated heterocycles. The number of carbonyl (C=O) groups excluding carboxylic acids is 1. The molecule has 1 fully saturated rings. The van der Waals surface area contributed by atoms with Crippen molar-refractivity contribution in [2.45, 2.75) is 44.8 Å². The molecule has 2 N–H and O–H groups in total. The third kappa shape index (κ3) is 5.57. The smallest absolute Gasteiger partial charge is 0.408 e. The highest BCUT2D eigenvalue weighted by atomic mass is 19.4. The highest BCUT2D eigenvalue weighted by molar-refractivity contribution is 6.19. The van der Waals surface area contributed by atoms with Crippen LogP contribution in [0.25, 0.3) is 11.3 Å². The molecular formula is C28H29F4N7O2. The van der Waals surface area contributed by atoms with Gasteiger partial charge in [-0.05, 0) is 68.7 Å². The Kier molecular flexibility index (Phi) is 6.82. The molecule has 13 heteroatoms. The van der Waals surface area contributed by atoms with Gasteiger partial charge in [0.2, 0.25) is 17.8 Å². The Morgan fingerprint density at radius 2 is 1.95 bits per heavy atom. The quantitative estimate of drug-likeness (QED) is 0.312. The summed E-state index contributed by atoms with van der Waals surface area (Å²) in [7, 11) is 1.72. The van der Waals surface area contributed by atoms with E-state index < -0.39 is 24.1 Å². The molecule has 216 valence electrons. The van der Waals surface area contributed by atoms with Crippen LogP contribution in [0.4, 0.5) is 34.6 Å². The molecule has 0 radical (unpaired) electrons. The highest BCUT2D eigenvalue weighted by Gasteiger charge is 2.38. The van der Waals surface area contributed by atoms with Gasteiger partial charge < -0.3 is 20.3 Å². The number of benzene rings is 1. The first-order chi connectivity index (χ1) is 19.6. The van der Waals surface area contributed by atoms with Gasteiger partial charge in [0.05, 0.1) is 35.4 Å². The Hall–Kier alpha value is -4.16. The second-order valence-electron chi connectivity index (χ2n) is 10.8. The number of fused-ring (bicyclic) bond motifs is 7. The first-order valence-electron chi connectivity index (χ1n) is 13.5. The molecule has 41 heavy (non-hydrogen) atoms. The van der Waals surface area contributed by atoms with Crippen molar-refractivity contribution in [1.82, 2.24) is 14.8 Å². The number of nitrogens with one attached hydrogen (secondary N) is 2. The van der Waals surface area contributed by atoms with Crippen LogP contribution >= 0.6 is 0 Å². The molecular weight excluding hydrogens is 542 g/mol. The number of rotatable bonds is 3. The molecule has 1 saturated carbocycles. The molecule has 3 aliphatic rings. The van der Waals surface area contributed by atoms with Crippen LogP contribution in [0.2, 0.25) is 0 Å². The summed E-state index contributed by atoms with van der Waals surface area (Å²) < 4.78 is 61.7. The summed E-state index contributed by atoms with van der Waals surface area (Å²) in [5, 5.41) is 9.83. The van der Waals surface area contributed by atoms with Crippen LogP contribution in [0, 0.1) is 17.8 Å². The van der Waals surface area contributed by atoms with Crippen LogP contribution in [-0.4, -0.2) is 52.0 Å². The topological polar surface area (TPSA) is 96.7 Å². The van der Waals surface area contributed by atoms with Gasteiger partial charge in [-0.15, -0.1) is 0 Å². The number of anilines is 3. The zero-order valence-corrected chi connectivity index (χ0v) is 22.5.